The number of nitro benzene ring substituents is 1. The molecule has 38 heavy (non-hydrogen) atoms. The number of hydrogen-bond donors (Lipinski definition) is 0. The quantitative estimate of drug-likeness (QED) is 0.191. The van der Waals surface area contributed by atoms with Crippen molar-refractivity contribution in [2.45, 2.75) is 67.2 Å². The second kappa shape index (κ2) is 9.30. The van der Waals surface area contributed by atoms with Crippen LogP contribution in [0.1, 0.15) is 58.4 Å². The fourth-order valence-electron chi connectivity index (χ4n) is 6.74. The van der Waals surface area contributed by atoms with Crippen molar-refractivity contribution in [3.05, 3.63) is 91.0 Å². The first-order valence-corrected chi connectivity index (χ1v) is 14.0. The molecule has 0 aromatic heterocycles. The van der Waals surface area contributed by atoms with Gasteiger partial charge in [0, 0.05) is 0 Å². The molecular formula is C31H35N3O3Ru. The third-order valence-corrected chi connectivity index (χ3v) is 8.75. The molecule has 0 saturated carbocycles. The van der Waals surface area contributed by atoms with E-state index in [9.17, 15) is 10.1 Å². The van der Waals surface area contributed by atoms with E-state index in [1.54, 1.807) is 12.1 Å². The van der Waals surface area contributed by atoms with Gasteiger partial charge in [-0.3, -0.25) is 0 Å². The zero-order chi connectivity index (χ0) is 27.7. The standard InChI is InChI=1S/C31H35N3O3.Ru/c1-18(2)37-30-25-15-26(34(35)36)16-27(30)31(17-25)32(28-21(5)11-19(3)12-22(28)6)9-10-33(31)29-23(7)13-20(4)14-24(29)8;/h11-16,18H,9-10H2,1-8H3;. The molecule has 0 radical (unpaired) electrons. The van der Waals surface area contributed by atoms with Crippen molar-refractivity contribution in [2.24, 2.45) is 0 Å². The van der Waals surface area contributed by atoms with Gasteiger partial charge in [-0.25, -0.2) is 0 Å². The molecule has 0 unspecified atom stereocenters. The molecular weight excluding hydrogens is 563 g/mol. The summed E-state index contributed by atoms with van der Waals surface area (Å²) in [7, 11) is 0. The number of rotatable bonds is 5. The molecule has 1 aliphatic carbocycles. The minimum atomic E-state index is -0.778. The summed E-state index contributed by atoms with van der Waals surface area (Å²) in [6.07, 6.45) is -0.0718. The zero-order valence-electron chi connectivity index (χ0n) is 23.4. The third-order valence-electron chi connectivity index (χ3n) is 7.68. The summed E-state index contributed by atoms with van der Waals surface area (Å²) in [4.78, 5) is 16.7. The van der Waals surface area contributed by atoms with Crippen LogP contribution in [0, 0.1) is 51.7 Å². The Morgan fingerprint density at radius 3 is 1.68 bits per heavy atom. The van der Waals surface area contributed by atoms with Crippen molar-refractivity contribution in [3.8, 4) is 5.75 Å². The summed E-state index contributed by atoms with van der Waals surface area (Å²) in [6.45, 7) is 18.4. The van der Waals surface area contributed by atoms with Crippen molar-refractivity contribution in [2.75, 3.05) is 22.9 Å². The van der Waals surface area contributed by atoms with Gasteiger partial charge in [0.15, 0.2) is 0 Å². The number of hydrogen-bond acceptors (Lipinski definition) is 5. The van der Waals surface area contributed by atoms with Gasteiger partial charge in [-0.05, 0) is 0 Å². The van der Waals surface area contributed by atoms with Crippen molar-refractivity contribution >= 4 is 21.2 Å². The fourth-order valence-corrected chi connectivity index (χ4v) is 7.76. The average Bonchev–Trinajstić information content (AvgIpc) is 3.20. The fraction of sp³-hybridized carbons (Fsp3) is 0.387. The van der Waals surface area contributed by atoms with Crippen molar-refractivity contribution in [3.63, 3.8) is 0 Å². The van der Waals surface area contributed by atoms with Crippen LogP contribution in [0.15, 0.2) is 36.4 Å². The van der Waals surface area contributed by atoms with E-state index < -0.39 is 5.66 Å². The molecule has 0 atom stereocenters. The number of benzene rings is 3. The van der Waals surface area contributed by atoms with E-state index in [0.29, 0.717) is 0 Å². The van der Waals surface area contributed by atoms with Gasteiger partial charge in [0.05, 0.1) is 0 Å². The molecule has 1 heterocycles. The Morgan fingerprint density at radius 1 is 0.842 bits per heavy atom. The second-order valence-electron chi connectivity index (χ2n) is 11.1. The third kappa shape index (κ3) is 3.81. The van der Waals surface area contributed by atoms with E-state index in [1.165, 1.54) is 44.8 Å². The zero-order valence-corrected chi connectivity index (χ0v) is 25.1. The number of ether oxygens (including phenoxy) is 1. The molecule has 0 amide bonds. The van der Waals surface area contributed by atoms with Gasteiger partial charge in [0.1, 0.15) is 0 Å². The number of nitrogens with zero attached hydrogens (tertiary/aromatic N) is 3. The van der Waals surface area contributed by atoms with Gasteiger partial charge in [-0.1, -0.05) is 0 Å². The molecule has 3 aromatic rings. The summed E-state index contributed by atoms with van der Waals surface area (Å²) in [5.74, 6) is 0.737. The van der Waals surface area contributed by atoms with Crippen molar-refractivity contribution in [1.82, 2.24) is 0 Å². The van der Waals surface area contributed by atoms with Crippen LogP contribution in [0.5, 0.6) is 5.75 Å². The van der Waals surface area contributed by atoms with Crippen LogP contribution < -0.4 is 14.5 Å². The summed E-state index contributed by atoms with van der Waals surface area (Å²) in [5, 5.41) is 12.1. The Bertz CT molecular complexity index is 1400. The molecule has 2 bridgehead atoms. The minimum absolute atomic E-state index is 0.0718. The summed E-state index contributed by atoms with van der Waals surface area (Å²) >= 11 is 2.84. The molecule has 1 aliphatic heterocycles. The Hall–Kier alpha value is -3.05. The Kier molecular flexibility index (Phi) is 6.50. The molecule has 1 saturated heterocycles. The molecule has 6 nitrogen and oxygen atoms in total. The van der Waals surface area contributed by atoms with E-state index in [1.807, 2.05) is 13.8 Å². The van der Waals surface area contributed by atoms with Crippen molar-refractivity contribution in [1.29, 1.82) is 0 Å². The van der Waals surface area contributed by atoms with Crippen LogP contribution in [0.4, 0.5) is 17.1 Å². The van der Waals surface area contributed by atoms with E-state index in [-0.39, 0.29) is 16.7 Å². The number of anilines is 2. The molecule has 1 spiro atoms. The Morgan fingerprint density at radius 2 is 1.29 bits per heavy atom. The van der Waals surface area contributed by atoms with E-state index in [4.69, 9.17) is 4.74 Å². The van der Waals surface area contributed by atoms with Crippen LogP contribution >= 0.6 is 0 Å². The molecule has 0 N–H and O–H groups in total. The molecule has 200 valence electrons. The van der Waals surface area contributed by atoms with Crippen LogP contribution in [-0.2, 0) is 23.5 Å². The Labute approximate surface area is 235 Å². The summed E-state index contributed by atoms with van der Waals surface area (Å²) in [5.41, 5.74) is 10.5. The Balaban J connectivity index is 1.88. The predicted octanol–water partition coefficient (Wildman–Crippen LogP) is 6.49. The van der Waals surface area contributed by atoms with Crippen LogP contribution in [-0.4, -0.2) is 28.2 Å². The molecule has 1 fully saturated rings. The molecule has 3 aromatic carbocycles. The van der Waals surface area contributed by atoms with Crippen molar-refractivity contribution < 1.29 is 27.5 Å². The monoisotopic (exact) mass is 599 g/mol. The molecule has 5 rings (SSSR count). The number of fused-ring (bicyclic) bond motifs is 3. The number of non-ortho nitro benzene ring substituents is 1. The van der Waals surface area contributed by atoms with Gasteiger partial charge in [-0.2, -0.15) is 0 Å². The first-order chi connectivity index (χ1) is 17.9. The molecule has 2 aliphatic rings. The first kappa shape index (κ1) is 26.6. The van der Waals surface area contributed by atoms with Gasteiger partial charge in [-0.15, -0.1) is 0 Å². The van der Waals surface area contributed by atoms with E-state index in [2.05, 4.69) is 93.5 Å². The van der Waals surface area contributed by atoms with E-state index >= 15 is 0 Å². The van der Waals surface area contributed by atoms with E-state index in [0.717, 1.165) is 34.1 Å². The summed E-state index contributed by atoms with van der Waals surface area (Å²) in [6, 6.07) is 12.3. The van der Waals surface area contributed by atoms with Crippen LogP contribution in [0.3, 0.4) is 0 Å². The van der Waals surface area contributed by atoms with Gasteiger partial charge >= 0.3 is 235 Å². The first-order valence-electron chi connectivity index (χ1n) is 13.1. The average molecular weight is 599 g/mol. The SMILES string of the molecule is Cc1cc(C)c(N2CCN(c3c(C)cc(C)cc3C)C23[C](=[Ru])c2cc([N+](=O)[O-])cc3c2OC(C)C)c(C)c1. The van der Waals surface area contributed by atoms with Gasteiger partial charge in [0.25, 0.3) is 0 Å². The summed E-state index contributed by atoms with van der Waals surface area (Å²) < 4.78 is 7.44. The predicted molar refractivity (Wildman–Crippen MR) is 151 cm³/mol. The van der Waals surface area contributed by atoms with Gasteiger partial charge < -0.3 is 0 Å². The second-order valence-corrected chi connectivity index (χ2v) is 11.9. The van der Waals surface area contributed by atoms with Crippen LogP contribution in [0.2, 0.25) is 0 Å². The number of aryl methyl sites for hydroxylation is 6. The van der Waals surface area contributed by atoms with Crippen LogP contribution in [0.25, 0.3) is 0 Å². The maximum absolute atomic E-state index is 12.1. The normalized spacial score (nSPS) is 15.8. The van der Waals surface area contributed by atoms with Gasteiger partial charge in [0.2, 0.25) is 0 Å². The topological polar surface area (TPSA) is 58.9 Å². The molecule has 7 heteroatoms. The number of nitro groups is 1. The maximum atomic E-state index is 12.1.